The molecule has 0 aliphatic carbocycles. The molecule has 2 unspecified atom stereocenters. The molecule has 1 aliphatic rings. The number of ether oxygens (including phenoxy) is 4. The molecule has 3 amide bonds. The zero-order chi connectivity index (χ0) is 45.8. The molecule has 0 fully saturated rings. The van der Waals surface area contributed by atoms with Crippen LogP contribution in [0.5, 0.6) is 0 Å². The number of ketones is 1. The first kappa shape index (κ1) is 50.8. The number of aromatic nitrogens is 2. The van der Waals surface area contributed by atoms with Crippen molar-refractivity contribution in [3.05, 3.63) is 89.9 Å². The van der Waals surface area contributed by atoms with Crippen molar-refractivity contribution in [3.63, 3.8) is 0 Å². The zero-order valence-electron chi connectivity index (χ0n) is 36.2. The number of hydrogen-bond donors (Lipinski definition) is 2. The minimum absolute atomic E-state index is 0.00318. The molecule has 0 saturated carbocycles. The molecule has 18 heteroatoms. The van der Waals surface area contributed by atoms with Gasteiger partial charge in [-0.1, -0.05) is 51.1 Å². The molecule has 63 heavy (non-hydrogen) atoms. The third kappa shape index (κ3) is 17.0. The van der Waals surface area contributed by atoms with E-state index >= 15 is 4.39 Å². The third-order valence-electron chi connectivity index (χ3n) is 9.88. The fourth-order valence-electron chi connectivity index (χ4n) is 6.69. The Bertz CT molecular complexity index is 1980. The van der Waals surface area contributed by atoms with Gasteiger partial charge in [-0.3, -0.25) is 28.9 Å². The molecule has 3 aromatic rings. The van der Waals surface area contributed by atoms with Gasteiger partial charge < -0.3 is 39.3 Å². The summed E-state index contributed by atoms with van der Waals surface area (Å²) >= 11 is 1.36. The molecular weight excluding hydrogens is 841 g/mol. The largest absolute Gasteiger partial charge is 0.480 e. The number of amides is 3. The highest BCUT2D eigenvalue weighted by atomic mass is 32.2. The van der Waals surface area contributed by atoms with Crippen LogP contribution in [-0.2, 0) is 49.5 Å². The summed E-state index contributed by atoms with van der Waals surface area (Å²) in [5.41, 5.74) is 6.35. The summed E-state index contributed by atoms with van der Waals surface area (Å²) in [4.78, 5) is 68.6. The Kier molecular flexibility index (Phi) is 21.0. The number of nitrogens with two attached hydrogens (primary N) is 1. The Hall–Kier alpha value is -4.85. The zero-order valence-corrected chi connectivity index (χ0v) is 37.0. The second-order valence-electron chi connectivity index (χ2n) is 15.9. The fraction of sp³-hybridized carbons (Fsp3) is 0.511. The Labute approximate surface area is 371 Å². The predicted octanol–water partition coefficient (Wildman–Crippen LogP) is 5.06. The molecule has 2 atom stereocenters. The lowest BCUT2D eigenvalue weighted by Crippen LogP contribution is -2.46. The van der Waals surface area contributed by atoms with Crippen LogP contribution in [0.15, 0.2) is 66.9 Å². The maximum absolute atomic E-state index is 15.1. The van der Waals surface area contributed by atoms with Gasteiger partial charge in [-0.2, -0.15) is 0 Å². The van der Waals surface area contributed by atoms with Crippen LogP contribution in [0.3, 0.4) is 0 Å². The molecule has 3 N–H and O–H groups in total. The molecular formula is C45H59F2N5O10S. The van der Waals surface area contributed by atoms with E-state index in [0.717, 1.165) is 28.7 Å². The number of carbonyl (C=O) groups excluding carboxylic acids is 4. The van der Waals surface area contributed by atoms with E-state index in [1.54, 1.807) is 11.1 Å². The van der Waals surface area contributed by atoms with E-state index in [0.29, 0.717) is 70.8 Å². The SMILES string of the molecule is CC(C)(C)C(c1nc(-c2cc(F)ccc2F)cn1Cc1ccccc1)N(CCC(N)C(=O)O)C(=O)CSCCOCCOCCOCCOCCC(=O)CCCN1C(=O)C=CC1=O. The van der Waals surface area contributed by atoms with Crippen molar-refractivity contribution in [3.8, 4) is 11.3 Å². The first-order chi connectivity index (χ1) is 30.1. The molecule has 15 nitrogen and oxygen atoms in total. The first-order valence-corrected chi connectivity index (χ1v) is 22.1. The highest BCUT2D eigenvalue weighted by Gasteiger charge is 2.39. The van der Waals surface area contributed by atoms with E-state index in [1.807, 2.05) is 55.7 Å². The van der Waals surface area contributed by atoms with Gasteiger partial charge in [0.2, 0.25) is 5.91 Å². The maximum Gasteiger partial charge on any atom is 0.320 e. The molecule has 2 heterocycles. The van der Waals surface area contributed by atoms with Gasteiger partial charge in [-0.25, -0.2) is 13.8 Å². The number of imidazole rings is 1. The van der Waals surface area contributed by atoms with Crippen LogP contribution in [0.4, 0.5) is 8.78 Å². The minimum atomic E-state index is -1.22. The summed E-state index contributed by atoms with van der Waals surface area (Å²) in [6.45, 7) is 8.99. The lowest BCUT2D eigenvalue weighted by atomic mass is 9.84. The number of nitrogens with zero attached hydrogens (tertiary/aromatic N) is 4. The molecule has 0 bridgehead atoms. The summed E-state index contributed by atoms with van der Waals surface area (Å²) in [5.74, 6) is -2.47. The highest BCUT2D eigenvalue weighted by molar-refractivity contribution is 7.99. The third-order valence-corrected chi connectivity index (χ3v) is 10.8. The van der Waals surface area contributed by atoms with Gasteiger partial charge in [0.15, 0.2) is 0 Å². The number of thioether (sulfide) groups is 1. The van der Waals surface area contributed by atoms with Crippen LogP contribution >= 0.6 is 11.8 Å². The van der Waals surface area contributed by atoms with Gasteiger partial charge in [0.05, 0.1) is 70.3 Å². The van der Waals surface area contributed by atoms with Crippen LogP contribution in [0, 0.1) is 17.0 Å². The predicted molar refractivity (Wildman–Crippen MR) is 233 cm³/mol. The van der Waals surface area contributed by atoms with Gasteiger partial charge >= 0.3 is 5.97 Å². The number of carbonyl (C=O) groups is 5. The average Bonchev–Trinajstić information content (AvgIpc) is 3.79. The Morgan fingerprint density at radius 2 is 1.49 bits per heavy atom. The summed E-state index contributed by atoms with van der Waals surface area (Å²) in [7, 11) is 0. The normalized spacial score (nSPS) is 13.8. The number of carboxylic acids is 1. The molecule has 1 aromatic heterocycles. The van der Waals surface area contributed by atoms with Crippen molar-refractivity contribution in [1.82, 2.24) is 19.4 Å². The number of imide groups is 1. The fourth-order valence-corrected chi connectivity index (χ4v) is 7.41. The standard InChI is InChI=1S/C45H59F2N5O10S/c1-45(2,3)42(43-49-38(35-28-33(46)11-12-36(35)47)30-50(43)29-32-8-5-4-6-9-32)52(18-15-37(48)44(57)58)41(56)31-63-27-26-62-25-24-61-23-22-60-21-20-59-19-16-34(53)10-7-17-51-39(54)13-14-40(51)55/h4-6,8-9,11-14,28,30,37,42H,7,10,15-27,29,31,48H2,1-3H3,(H,57,58). The molecule has 4 rings (SSSR count). The van der Waals surface area contributed by atoms with E-state index in [4.69, 9.17) is 29.7 Å². The van der Waals surface area contributed by atoms with Crippen molar-refractivity contribution < 1.29 is 56.8 Å². The molecule has 0 spiro atoms. The molecule has 0 radical (unpaired) electrons. The number of carboxylic acid groups (broad SMARTS) is 1. The van der Waals surface area contributed by atoms with Crippen molar-refractivity contribution in [2.45, 2.75) is 65.1 Å². The Balaban J connectivity index is 1.20. The summed E-state index contributed by atoms with van der Waals surface area (Å²) in [6.07, 6.45) is 4.98. The van der Waals surface area contributed by atoms with Crippen LogP contribution in [-0.4, -0.2) is 137 Å². The number of rotatable bonds is 30. The van der Waals surface area contributed by atoms with Gasteiger partial charge in [0, 0.05) is 62.1 Å². The topological polar surface area (TPSA) is 193 Å². The number of hydrogen-bond acceptors (Lipinski definition) is 12. The van der Waals surface area contributed by atoms with Gasteiger partial charge in [0.25, 0.3) is 11.8 Å². The monoisotopic (exact) mass is 899 g/mol. The summed E-state index contributed by atoms with van der Waals surface area (Å²) < 4.78 is 53.5. The summed E-state index contributed by atoms with van der Waals surface area (Å²) in [6, 6.07) is 10.7. The molecule has 2 aromatic carbocycles. The molecule has 1 aliphatic heterocycles. The average molecular weight is 900 g/mol. The Morgan fingerprint density at radius 1 is 0.873 bits per heavy atom. The molecule has 0 saturated heterocycles. The second kappa shape index (κ2) is 26.1. The van der Waals surface area contributed by atoms with E-state index < -0.39 is 35.1 Å². The second-order valence-corrected chi connectivity index (χ2v) is 17.0. The number of aliphatic carboxylic acids is 1. The van der Waals surface area contributed by atoms with Gasteiger partial charge in [0.1, 0.15) is 29.3 Å². The van der Waals surface area contributed by atoms with Crippen LogP contribution in [0.1, 0.15) is 63.9 Å². The van der Waals surface area contributed by atoms with E-state index in [1.165, 1.54) is 23.9 Å². The van der Waals surface area contributed by atoms with E-state index in [-0.39, 0.29) is 79.5 Å². The maximum atomic E-state index is 15.1. The lowest BCUT2D eigenvalue weighted by molar-refractivity contribution is -0.140. The first-order valence-electron chi connectivity index (χ1n) is 20.9. The van der Waals surface area contributed by atoms with Crippen molar-refractivity contribution in [1.29, 1.82) is 0 Å². The summed E-state index contributed by atoms with van der Waals surface area (Å²) in [5, 5.41) is 9.58. The molecule has 344 valence electrons. The smallest absolute Gasteiger partial charge is 0.320 e. The quantitative estimate of drug-likeness (QED) is 0.0668. The Morgan fingerprint density at radius 3 is 2.11 bits per heavy atom. The highest BCUT2D eigenvalue weighted by Crippen LogP contribution is 2.40. The van der Waals surface area contributed by atoms with Crippen molar-refractivity contribution >= 4 is 41.2 Å². The number of halogens is 2. The van der Waals surface area contributed by atoms with Crippen LogP contribution in [0.2, 0.25) is 0 Å². The number of Topliss-reactive ketones (excluding diaryl/α,β-unsaturated/α-hetero) is 1. The van der Waals surface area contributed by atoms with Crippen LogP contribution < -0.4 is 5.73 Å². The minimum Gasteiger partial charge on any atom is -0.480 e. The van der Waals surface area contributed by atoms with E-state index in [2.05, 4.69) is 0 Å². The van der Waals surface area contributed by atoms with Gasteiger partial charge in [-0.05, 0) is 42.0 Å². The number of benzene rings is 2. The van der Waals surface area contributed by atoms with E-state index in [9.17, 15) is 33.5 Å². The van der Waals surface area contributed by atoms with Crippen molar-refractivity contribution in [2.75, 3.05) is 77.5 Å². The van der Waals surface area contributed by atoms with Crippen molar-refractivity contribution in [2.24, 2.45) is 11.1 Å². The van der Waals surface area contributed by atoms with Gasteiger partial charge in [-0.15, -0.1) is 11.8 Å². The lowest BCUT2D eigenvalue weighted by Gasteiger charge is -2.40. The van der Waals surface area contributed by atoms with Crippen LogP contribution in [0.25, 0.3) is 11.3 Å².